The second kappa shape index (κ2) is 5.44. The topological polar surface area (TPSA) is 87.8 Å². The van der Waals surface area contributed by atoms with Gasteiger partial charge in [-0.25, -0.2) is 4.68 Å². The molecule has 114 valence electrons. The van der Waals surface area contributed by atoms with Gasteiger partial charge >= 0.3 is 7.12 Å². The first-order valence-corrected chi connectivity index (χ1v) is 7.36. The molecule has 1 aliphatic heterocycles. The van der Waals surface area contributed by atoms with Crippen molar-refractivity contribution >= 4 is 18.4 Å². The number of hydrogen-bond acceptors (Lipinski definition) is 6. The van der Waals surface area contributed by atoms with Crippen LogP contribution in [-0.2, 0) is 4.74 Å². The fourth-order valence-corrected chi connectivity index (χ4v) is 2.81. The Labute approximate surface area is 123 Å². The van der Waals surface area contributed by atoms with Crippen LogP contribution in [0.15, 0.2) is 10.9 Å². The number of morpholine rings is 1. The quantitative estimate of drug-likeness (QED) is 0.686. The third kappa shape index (κ3) is 2.97. The van der Waals surface area contributed by atoms with E-state index in [0.717, 1.165) is 12.8 Å². The van der Waals surface area contributed by atoms with E-state index in [0.29, 0.717) is 18.8 Å². The molecule has 0 unspecified atom stereocenters. The fraction of sp³-hybridized carbons (Fsp3) is 0.692. The molecule has 1 saturated carbocycles. The SMILES string of the molecule is C[C@@H]1CN(c2cc(B(O)O)nn(C3CC3)c2=O)C[C@H](C)O1. The van der Waals surface area contributed by atoms with Gasteiger partial charge in [-0.2, -0.15) is 5.10 Å². The lowest BCUT2D eigenvalue weighted by Gasteiger charge is -2.36. The Morgan fingerprint density at radius 2 is 1.90 bits per heavy atom. The summed E-state index contributed by atoms with van der Waals surface area (Å²) in [5.41, 5.74) is 0.425. The van der Waals surface area contributed by atoms with Crippen molar-refractivity contribution < 1.29 is 14.8 Å². The molecule has 2 N–H and O–H groups in total. The van der Waals surface area contributed by atoms with Crippen LogP contribution in [0, 0.1) is 0 Å². The van der Waals surface area contributed by atoms with Crippen LogP contribution < -0.4 is 16.1 Å². The van der Waals surface area contributed by atoms with Crippen LogP contribution in [-0.4, -0.2) is 52.2 Å². The van der Waals surface area contributed by atoms with Gasteiger partial charge in [0.15, 0.2) is 0 Å². The van der Waals surface area contributed by atoms with Crippen LogP contribution in [0.2, 0.25) is 0 Å². The van der Waals surface area contributed by atoms with Crippen molar-refractivity contribution in [2.24, 2.45) is 0 Å². The van der Waals surface area contributed by atoms with Crippen molar-refractivity contribution in [3.63, 3.8) is 0 Å². The average Bonchev–Trinajstić information content (AvgIpc) is 3.21. The monoisotopic (exact) mass is 293 g/mol. The summed E-state index contributed by atoms with van der Waals surface area (Å²) in [7, 11) is -1.68. The largest absolute Gasteiger partial charge is 0.510 e. The molecule has 8 heteroatoms. The van der Waals surface area contributed by atoms with E-state index >= 15 is 0 Å². The molecule has 2 heterocycles. The Morgan fingerprint density at radius 1 is 1.29 bits per heavy atom. The second-order valence-electron chi connectivity index (χ2n) is 5.97. The van der Waals surface area contributed by atoms with E-state index in [1.165, 1.54) is 10.7 Å². The number of aromatic nitrogens is 2. The lowest BCUT2D eigenvalue weighted by molar-refractivity contribution is -0.00532. The summed E-state index contributed by atoms with van der Waals surface area (Å²) < 4.78 is 7.08. The number of anilines is 1. The van der Waals surface area contributed by atoms with Gasteiger partial charge in [0, 0.05) is 13.1 Å². The van der Waals surface area contributed by atoms with Crippen LogP contribution in [0.3, 0.4) is 0 Å². The van der Waals surface area contributed by atoms with Crippen molar-refractivity contribution in [1.29, 1.82) is 0 Å². The smallest absolute Gasteiger partial charge is 0.422 e. The van der Waals surface area contributed by atoms with Crippen molar-refractivity contribution in [1.82, 2.24) is 9.78 Å². The summed E-state index contributed by atoms with van der Waals surface area (Å²) in [6.45, 7) is 5.14. The van der Waals surface area contributed by atoms with Gasteiger partial charge in [-0.05, 0) is 32.8 Å². The molecule has 21 heavy (non-hydrogen) atoms. The van der Waals surface area contributed by atoms with Gasteiger partial charge in [-0.15, -0.1) is 0 Å². The van der Waals surface area contributed by atoms with Gasteiger partial charge in [0.05, 0.1) is 23.8 Å². The van der Waals surface area contributed by atoms with Crippen molar-refractivity contribution in [2.75, 3.05) is 18.0 Å². The van der Waals surface area contributed by atoms with Crippen molar-refractivity contribution in [2.45, 2.75) is 44.9 Å². The Hall–Kier alpha value is -1.38. The Balaban J connectivity index is 2.02. The molecular formula is C13H20BN3O4. The third-order valence-electron chi connectivity index (χ3n) is 3.85. The normalized spacial score (nSPS) is 26.0. The summed E-state index contributed by atoms with van der Waals surface area (Å²) in [6.07, 6.45) is 1.87. The highest BCUT2D eigenvalue weighted by atomic mass is 16.5. The standard InChI is InChI=1S/C13H20BN3O4/c1-8-6-16(7-9(2)21-8)11-5-12(14(19)20)15-17(13(11)18)10-3-4-10/h5,8-10,19-20H,3-4,6-7H2,1-2H3/t8-,9+. The minimum atomic E-state index is -1.68. The lowest BCUT2D eigenvalue weighted by atomic mass is 9.86. The summed E-state index contributed by atoms with van der Waals surface area (Å²) >= 11 is 0. The Kier molecular flexibility index (Phi) is 3.77. The molecule has 2 fully saturated rings. The van der Waals surface area contributed by atoms with E-state index in [9.17, 15) is 14.8 Å². The highest BCUT2D eigenvalue weighted by molar-refractivity contribution is 6.57. The van der Waals surface area contributed by atoms with E-state index in [1.54, 1.807) is 0 Å². The highest BCUT2D eigenvalue weighted by Crippen LogP contribution is 2.32. The number of hydrogen-bond donors (Lipinski definition) is 2. The summed E-state index contributed by atoms with van der Waals surface area (Å²) in [5.74, 6) is 0. The zero-order valence-corrected chi connectivity index (χ0v) is 12.3. The first kappa shape index (κ1) is 14.6. The molecule has 3 rings (SSSR count). The molecule has 7 nitrogen and oxygen atoms in total. The summed E-state index contributed by atoms with van der Waals surface area (Å²) in [6, 6.07) is 1.57. The van der Waals surface area contributed by atoms with Crippen molar-refractivity contribution in [3.8, 4) is 0 Å². The van der Waals surface area contributed by atoms with E-state index in [-0.39, 0.29) is 29.4 Å². The number of rotatable bonds is 3. The minimum absolute atomic E-state index is 0.0261. The highest BCUT2D eigenvalue weighted by Gasteiger charge is 2.31. The van der Waals surface area contributed by atoms with Gasteiger partial charge in [0.1, 0.15) is 5.69 Å². The predicted molar refractivity (Wildman–Crippen MR) is 78.8 cm³/mol. The molecule has 0 bridgehead atoms. The summed E-state index contributed by atoms with van der Waals surface area (Å²) in [5, 5.41) is 22.9. The van der Waals surface area contributed by atoms with Gasteiger partial charge < -0.3 is 19.7 Å². The van der Waals surface area contributed by atoms with E-state index < -0.39 is 7.12 Å². The van der Waals surface area contributed by atoms with Gasteiger partial charge in [0.25, 0.3) is 5.56 Å². The molecule has 2 aliphatic rings. The molecule has 0 radical (unpaired) electrons. The number of nitrogens with zero attached hydrogens (tertiary/aromatic N) is 3. The van der Waals surface area contributed by atoms with E-state index in [4.69, 9.17) is 4.74 Å². The number of ether oxygens (including phenoxy) is 1. The molecule has 1 saturated heterocycles. The molecule has 0 spiro atoms. The maximum atomic E-state index is 12.6. The maximum absolute atomic E-state index is 12.6. The van der Waals surface area contributed by atoms with Gasteiger partial charge in [-0.3, -0.25) is 4.79 Å². The predicted octanol–water partition coefficient (Wildman–Crippen LogP) is -1.13. The van der Waals surface area contributed by atoms with E-state index in [2.05, 4.69) is 5.10 Å². The van der Waals surface area contributed by atoms with Crippen LogP contribution >= 0.6 is 0 Å². The first-order valence-electron chi connectivity index (χ1n) is 7.36. The van der Waals surface area contributed by atoms with Crippen LogP contribution in [0.25, 0.3) is 0 Å². The average molecular weight is 293 g/mol. The zero-order chi connectivity index (χ0) is 15.1. The Morgan fingerprint density at radius 3 is 2.43 bits per heavy atom. The third-order valence-corrected chi connectivity index (χ3v) is 3.85. The molecule has 1 aromatic heterocycles. The molecule has 1 aliphatic carbocycles. The fourth-order valence-electron chi connectivity index (χ4n) is 2.81. The van der Waals surface area contributed by atoms with E-state index in [1.807, 2.05) is 18.7 Å². The zero-order valence-electron chi connectivity index (χ0n) is 12.3. The summed E-state index contributed by atoms with van der Waals surface area (Å²) in [4.78, 5) is 14.5. The van der Waals surface area contributed by atoms with Gasteiger partial charge in [-0.1, -0.05) is 0 Å². The maximum Gasteiger partial charge on any atom is 0.510 e. The van der Waals surface area contributed by atoms with Gasteiger partial charge in [0.2, 0.25) is 0 Å². The minimum Gasteiger partial charge on any atom is -0.422 e. The molecule has 1 aromatic rings. The second-order valence-corrected chi connectivity index (χ2v) is 5.97. The lowest BCUT2D eigenvalue weighted by Crippen LogP contribution is -2.49. The van der Waals surface area contributed by atoms with Crippen LogP contribution in [0.1, 0.15) is 32.7 Å². The first-order chi connectivity index (χ1) is 9.95. The van der Waals surface area contributed by atoms with Crippen molar-refractivity contribution in [3.05, 3.63) is 16.4 Å². The molecular weight excluding hydrogens is 273 g/mol. The Bertz CT molecular complexity index is 577. The van der Waals surface area contributed by atoms with Crippen LogP contribution in [0.4, 0.5) is 5.69 Å². The molecule has 0 aromatic carbocycles. The van der Waals surface area contributed by atoms with Crippen LogP contribution in [0.5, 0.6) is 0 Å². The molecule has 2 atom stereocenters. The molecule has 0 amide bonds.